The number of carbonyl (C=O) groups is 1. The van der Waals surface area contributed by atoms with Crippen LogP contribution in [0, 0.1) is 11.3 Å². The highest BCUT2D eigenvalue weighted by atomic mass is 32.1. The van der Waals surface area contributed by atoms with Crippen molar-refractivity contribution in [2.24, 2.45) is 11.3 Å². The van der Waals surface area contributed by atoms with E-state index in [-0.39, 0.29) is 5.91 Å². The Bertz CT molecular complexity index is 523. The Morgan fingerprint density at radius 2 is 2.17 bits per heavy atom. The molecule has 1 amide bonds. The molecule has 0 aliphatic carbocycles. The van der Waals surface area contributed by atoms with Crippen molar-refractivity contribution in [3.8, 4) is 0 Å². The summed E-state index contributed by atoms with van der Waals surface area (Å²) in [6.07, 6.45) is 5.11. The van der Waals surface area contributed by atoms with E-state index in [2.05, 4.69) is 29.1 Å². The van der Waals surface area contributed by atoms with E-state index < -0.39 is 0 Å². The molecule has 2 aliphatic rings. The van der Waals surface area contributed by atoms with Gasteiger partial charge >= 0.3 is 0 Å². The fraction of sp³-hybridized carbons (Fsp3) is 0.737. The van der Waals surface area contributed by atoms with E-state index in [1.807, 2.05) is 16.8 Å². The summed E-state index contributed by atoms with van der Waals surface area (Å²) in [5.74, 6) is 0.673. The molecule has 3 rings (SSSR count). The van der Waals surface area contributed by atoms with Crippen LogP contribution < -0.4 is 5.32 Å². The second-order valence-corrected chi connectivity index (χ2v) is 8.86. The molecule has 1 atom stereocenters. The highest BCUT2D eigenvalue weighted by Crippen LogP contribution is 2.32. The van der Waals surface area contributed by atoms with E-state index in [0.29, 0.717) is 11.3 Å². The van der Waals surface area contributed by atoms with Crippen LogP contribution in [-0.2, 0) is 0 Å². The number of rotatable bonds is 5. The molecule has 0 unspecified atom stereocenters. The van der Waals surface area contributed by atoms with Crippen LogP contribution in [0.1, 0.15) is 43.0 Å². The van der Waals surface area contributed by atoms with Crippen LogP contribution >= 0.6 is 11.3 Å². The Kier molecular flexibility index (Phi) is 5.95. The maximum Gasteiger partial charge on any atom is 0.252 e. The van der Waals surface area contributed by atoms with Crippen LogP contribution in [0.25, 0.3) is 0 Å². The minimum atomic E-state index is 0.0793. The summed E-state index contributed by atoms with van der Waals surface area (Å²) in [6.45, 7) is 9.30. The topological polar surface area (TPSA) is 35.6 Å². The SMILES string of the molecule is CN1CCC(C)(CN2CCC[C@H](CNC(=O)c3ccsc3)C2)CC1. The van der Waals surface area contributed by atoms with Crippen molar-refractivity contribution in [2.45, 2.75) is 32.6 Å². The van der Waals surface area contributed by atoms with E-state index in [1.165, 1.54) is 51.9 Å². The number of carbonyl (C=O) groups excluding carboxylic acids is 1. The zero-order chi connectivity index (χ0) is 17.0. The fourth-order valence-electron chi connectivity index (χ4n) is 4.05. The number of likely N-dealkylation sites (tertiary alicyclic amines) is 2. The summed E-state index contributed by atoms with van der Waals surface area (Å²) in [7, 11) is 2.23. The first-order valence-corrected chi connectivity index (χ1v) is 10.2. The summed E-state index contributed by atoms with van der Waals surface area (Å²) < 4.78 is 0. The molecule has 0 aromatic carbocycles. The summed E-state index contributed by atoms with van der Waals surface area (Å²) in [6, 6.07) is 1.90. The zero-order valence-electron chi connectivity index (χ0n) is 15.1. The van der Waals surface area contributed by atoms with Gasteiger partial charge in [-0.05, 0) is 75.1 Å². The molecule has 0 saturated carbocycles. The smallest absolute Gasteiger partial charge is 0.252 e. The maximum absolute atomic E-state index is 12.1. The van der Waals surface area contributed by atoms with Gasteiger partial charge in [0.1, 0.15) is 0 Å². The lowest BCUT2D eigenvalue weighted by molar-refractivity contribution is 0.0628. The molecule has 2 aliphatic heterocycles. The van der Waals surface area contributed by atoms with Crippen LogP contribution in [0.3, 0.4) is 0 Å². The van der Waals surface area contributed by atoms with E-state index in [9.17, 15) is 4.79 Å². The second-order valence-electron chi connectivity index (χ2n) is 8.08. The van der Waals surface area contributed by atoms with E-state index in [1.54, 1.807) is 11.3 Å². The molecule has 2 fully saturated rings. The number of nitrogens with one attached hydrogen (secondary N) is 1. The lowest BCUT2D eigenvalue weighted by Crippen LogP contribution is -2.48. The number of hydrogen-bond acceptors (Lipinski definition) is 4. The first-order valence-electron chi connectivity index (χ1n) is 9.25. The number of thiophene rings is 1. The Balaban J connectivity index is 1.45. The van der Waals surface area contributed by atoms with Crippen LogP contribution in [-0.4, -0.2) is 62.0 Å². The molecule has 1 aromatic rings. The molecule has 1 N–H and O–H groups in total. The van der Waals surface area contributed by atoms with Crippen LogP contribution in [0.5, 0.6) is 0 Å². The van der Waals surface area contributed by atoms with Crippen molar-refractivity contribution in [3.63, 3.8) is 0 Å². The first kappa shape index (κ1) is 17.9. The molecule has 0 spiro atoms. The highest BCUT2D eigenvalue weighted by molar-refractivity contribution is 7.08. The molecular formula is C19H31N3OS. The number of amides is 1. The lowest BCUT2D eigenvalue weighted by Gasteiger charge is -2.43. The molecular weight excluding hydrogens is 318 g/mol. The Morgan fingerprint density at radius 3 is 2.88 bits per heavy atom. The number of piperidine rings is 2. The van der Waals surface area contributed by atoms with Gasteiger partial charge in [0, 0.05) is 30.6 Å². The van der Waals surface area contributed by atoms with Crippen LogP contribution in [0.4, 0.5) is 0 Å². The molecule has 24 heavy (non-hydrogen) atoms. The maximum atomic E-state index is 12.1. The van der Waals surface area contributed by atoms with Crippen LogP contribution in [0.2, 0.25) is 0 Å². The van der Waals surface area contributed by atoms with Crippen molar-refractivity contribution >= 4 is 17.2 Å². The molecule has 4 nitrogen and oxygen atoms in total. The molecule has 1 aromatic heterocycles. The molecule has 2 saturated heterocycles. The first-order chi connectivity index (χ1) is 11.5. The average Bonchev–Trinajstić information content (AvgIpc) is 3.11. The lowest BCUT2D eigenvalue weighted by atomic mass is 9.79. The Morgan fingerprint density at radius 1 is 1.38 bits per heavy atom. The molecule has 3 heterocycles. The third-order valence-corrected chi connectivity index (χ3v) is 6.42. The second kappa shape index (κ2) is 7.98. The summed E-state index contributed by atoms with van der Waals surface area (Å²) in [5, 5.41) is 7.01. The minimum absolute atomic E-state index is 0.0793. The van der Waals surface area contributed by atoms with Crippen molar-refractivity contribution in [1.29, 1.82) is 0 Å². The normalized spacial score (nSPS) is 25.5. The van der Waals surface area contributed by atoms with Gasteiger partial charge in [0.25, 0.3) is 5.91 Å². The van der Waals surface area contributed by atoms with Gasteiger partial charge in [-0.15, -0.1) is 0 Å². The Hall–Kier alpha value is -0.910. The molecule has 5 heteroatoms. The van der Waals surface area contributed by atoms with Crippen molar-refractivity contribution in [2.75, 3.05) is 46.3 Å². The van der Waals surface area contributed by atoms with E-state index >= 15 is 0 Å². The standard InChI is InChI=1S/C19H31N3OS/c1-19(6-9-21(2)10-7-19)15-22-8-3-4-16(13-22)12-20-18(23)17-5-11-24-14-17/h5,11,14,16H,3-4,6-10,12-13,15H2,1-2H3,(H,20,23)/t16-/m1/s1. The predicted octanol–water partition coefficient (Wildman–Crippen LogP) is 2.92. The minimum Gasteiger partial charge on any atom is -0.352 e. The van der Waals surface area contributed by atoms with Crippen molar-refractivity contribution in [1.82, 2.24) is 15.1 Å². The number of nitrogens with zero attached hydrogens (tertiary/aromatic N) is 2. The number of hydrogen-bond donors (Lipinski definition) is 1. The quantitative estimate of drug-likeness (QED) is 0.888. The zero-order valence-corrected chi connectivity index (χ0v) is 15.9. The van der Waals surface area contributed by atoms with Gasteiger partial charge in [-0.1, -0.05) is 6.92 Å². The largest absolute Gasteiger partial charge is 0.352 e. The third kappa shape index (κ3) is 4.80. The molecule has 134 valence electrons. The summed E-state index contributed by atoms with van der Waals surface area (Å²) in [4.78, 5) is 17.2. The van der Waals surface area contributed by atoms with Gasteiger partial charge in [-0.25, -0.2) is 0 Å². The van der Waals surface area contributed by atoms with Gasteiger partial charge in [-0.2, -0.15) is 11.3 Å². The van der Waals surface area contributed by atoms with Crippen LogP contribution in [0.15, 0.2) is 16.8 Å². The summed E-state index contributed by atoms with van der Waals surface area (Å²) >= 11 is 1.58. The predicted molar refractivity (Wildman–Crippen MR) is 101 cm³/mol. The average molecular weight is 350 g/mol. The summed E-state index contributed by atoms with van der Waals surface area (Å²) in [5.41, 5.74) is 1.26. The van der Waals surface area contributed by atoms with Gasteiger partial charge in [-0.3, -0.25) is 4.79 Å². The van der Waals surface area contributed by atoms with Gasteiger partial charge in [0.2, 0.25) is 0 Å². The monoisotopic (exact) mass is 349 g/mol. The highest BCUT2D eigenvalue weighted by Gasteiger charge is 2.32. The fourth-order valence-corrected chi connectivity index (χ4v) is 4.69. The van der Waals surface area contributed by atoms with Crippen molar-refractivity contribution < 1.29 is 4.79 Å². The third-order valence-electron chi connectivity index (χ3n) is 5.74. The van der Waals surface area contributed by atoms with E-state index in [4.69, 9.17) is 0 Å². The van der Waals surface area contributed by atoms with Gasteiger partial charge in [0.05, 0.1) is 0 Å². The molecule has 0 bridgehead atoms. The van der Waals surface area contributed by atoms with Crippen molar-refractivity contribution in [3.05, 3.63) is 22.4 Å². The van der Waals surface area contributed by atoms with Gasteiger partial charge < -0.3 is 15.1 Å². The van der Waals surface area contributed by atoms with E-state index in [0.717, 1.165) is 18.7 Å². The van der Waals surface area contributed by atoms with Gasteiger partial charge in [0.15, 0.2) is 0 Å². The molecule has 0 radical (unpaired) electrons. The Labute approximate surface area is 150 Å².